The average molecular weight is 231 g/mol. The van der Waals surface area contributed by atoms with Crippen molar-refractivity contribution in [2.24, 2.45) is 0 Å². The number of hydrogen-bond donors (Lipinski definition) is 0. The molecule has 4 heteroatoms. The van der Waals surface area contributed by atoms with Crippen LogP contribution < -0.4 is 0 Å². The van der Waals surface area contributed by atoms with Gasteiger partial charge in [-0.05, 0) is 40.4 Å². The molecular formula is C11H25NO2Si. The third kappa shape index (κ3) is 6.68. The lowest BCUT2D eigenvalue weighted by atomic mass is 10.2. The minimum absolute atomic E-state index is 0.0461. The highest BCUT2D eigenvalue weighted by Crippen LogP contribution is 2.10. The summed E-state index contributed by atoms with van der Waals surface area (Å²) in [4.78, 5) is 13.6. The average Bonchev–Trinajstić information content (AvgIpc) is 2.02. The smallest absolute Gasteiger partial charge is 0.225 e. The first-order chi connectivity index (χ1) is 6.80. The van der Waals surface area contributed by atoms with Gasteiger partial charge in [0.15, 0.2) is 8.32 Å². The van der Waals surface area contributed by atoms with Gasteiger partial charge >= 0.3 is 0 Å². The topological polar surface area (TPSA) is 29.5 Å². The second-order valence-electron chi connectivity index (χ2n) is 4.81. The second kappa shape index (κ2) is 6.28. The predicted molar refractivity (Wildman–Crippen MR) is 66.4 cm³/mol. The van der Waals surface area contributed by atoms with Crippen molar-refractivity contribution in [1.29, 1.82) is 0 Å². The summed E-state index contributed by atoms with van der Waals surface area (Å²) >= 11 is 0. The monoisotopic (exact) mass is 231 g/mol. The molecule has 0 heterocycles. The second-order valence-corrected chi connectivity index (χ2v) is 9.27. The lowest BCUT2D eigenvalue weighted by molar-refractivity contribution is -0.132. The van der Waals surface area contributed by atoms with Crippen molar-refractivity contribution in [3.63, 3.8) is 0 Å². The van der Waals surface area contributed by atoms with E-state index in [9.17, 15) is 4.79 Å². The van der Waals surface area contributed by atoms with Crippen molar-refractivity contribution in [2.75, 3.05) is 13.1 Å². The van der Waals surface area contributed by atoms with Crippen molar-refractivity contribution in [2.45, 2.75) is 52.9 Å². The quantitative estimate of drug-likeness (QED) is 0.657. The highest BCUT2D eigenvalue weighted by molar-refractivity contribution is 6.69. The normalized spacial score (nSPS) is 13.7. The van der Waals surface area contributed by atoms with E-state index in [-0.39, 0.29) is 12.0 Å². The van der Waals surface area contributed by atoms with E-state index >= 15 is 0 Å². The molecule has 3 nitrogen and oxygen atoms in total. The molecule has 0 fully saturated rings. The van der Waals surface area contributed by atoms with E-state index in [4.69, 9.17) is 4.43 Å². The van der Waals surface area contributed by atoms with Crippen LogP contribution in [-0.2, 0) is 9.22 Å². The number of hydrogen-bond acceptors (Lipinski definition) is 2. The summed E-state index contributed by atoms with van der Waals surface area (Å²) in [5, 5.41) is 0. The van der Waals surface area contributed by atoms with Crippen LogP contribution in [0.15, 0.2) is 0 Å². The Hall–Kier alpha value is -0.353. The van der Waals surface area contributed by atoms with E-state index < -0.39 is 8.32 Å². The molecule has 0 N–H and O–H groups in total. The van der Waals surface area contributed by atoms with Crippen molar-refractivity contribution in [3.05, 3.63) is 0 Å². The van der Waals surface area contributed by atoms with Crippen molar-refractivity contribution in [1.82, 2.24) is 4.90 Å². The largest absolute Gasteiger partial charge is 0.415 e. The molecule has 0 aromatic carbocycles. The molecular weight excluding hydrogens is 206 g/mol. The van der Waals surface area contributed by atoms with Gasteiger partial charge < -0.3 is 9.33 Å². The molecule has 1 unspecified atom stereocenters. The predicted octanol–water partition coefficient (Wildman–Crippen LogP) is 2.48. The van der Waals surface area contributed by atoms with Crippen LogP contribution in [0.3, 0.4) is 0 Å². The molecule has 0 aliphatic carbocycles. The molecule has 0 saturated heterocycles. The lowest BCUT2D eigenvalue weighted by Crippen LogP contribution is -2.36. The maximum atomic E-state index is 11.8. The van der Waals surface area contributed by atoms with Gasteiger partial charge in [0, 0.05) is 13.1 Å². The number of carbonyl (C=O) groups excluding carboxylic acids is 1. The molecule has 0 bridgehead atoms. The SMILES string of the molecule is CCN(CC)C(=O)CC(C)O[Si](C)(C)C. The minimum Gasteiger partial charge on any atom is -0.415 e. The zero-order valence-corrected chi connectivity index (χ0v) is 12.0. The molecule has 0 saturated carbocycles. The van der Waals surface area contributed by atoms with Crippen LogP contribution in [0.2, 0.25) is 19.6 Å². The molecule has 15 heavy (non-hydrogen) atoms. The molecule has 1 atom stereocenters. The molecule has 0 aliphatic heterocycles. The fraction of sp³-hybridized carbons (Fsp3) is 0.909. The number of rotatable bonds is 6. The molecule has 0 aromatic rings. The highest BCUT2D eigenvalue weighted by atomic mass is 28.4. The van der Waals surface area contributed by atoms with E-state index in [1.54, 1.807) is 0 Å². The summed E-state index contributed by atoms with van der Waals surface area (Å²) in [6.45, 7) is 14.0. The third-order valence-corrected chi connectivity index (χ3v) is 3.24. The summed E-state index contributed by atoms with van der Waals surface area (Å²) in [5.74, 6) is 0.200. The zero-order valence-electron chi connectivity index (χ0n) is 11.0. The fourth-order valence-corrected chi connectivity index (χ4v) is 2.89. The number of carbonyl (C=O) groups is 1. The summed E-state index contributed by atoms with van der Waals surface area (Å²) in [6, 6.07) is 0. The van der Waals surface area contributed by atoms with Crippen LogP contribution in [0.25, 0.3) is 0 Å². The van der Waals surface area contributed by atoms with Gasteiger partial charge in [-0.25, -0.2) is 0 Å². The van der Waals surface area contributed by atoms with E-state index in [1.165, 1.54) is 0 Å². The summed E-state index contributed by atoms with van der Waals surface area (Å²) in [5.41, 5.74) is 0. The van der Waals surface area contributed by atoms with Gasteiger partial charge in [-0.3, -0.25) is 4.79 Å². The molecule has 0 radical (unpaired) electrons. The first kappa shape index (κ1) is 14.6. The van der Waals surface area contributed by atoms with Crippen molar-refractivity contribution in [3.8, 4) is 0 Å². The first-order valence-corrected chi connectivity index (χ1v) is 9.16. The summed E-state index contributed by atoms with van der Waals surface area (Å²) < 4.78 is 5.84. The van der Waals surface area contributed by atoms with Gasteiger partial charge in [0.1, 0.15) is 0 Å². The van der Waals surface area contributed by atoms with Gasteiger partial charge in [0.05, 0.1) is 12.5 Å². The van der Waals surface area contributed by atoms with Crippen LogP contribution in [0.5, 0.6) is 0 Å². The van der Waals surface area contributed by atoms with Crippen LogP contribution in [0, 0.1) is 0 Å². The Morgan fingerprint density at radius 3 is 2.07 bits per heavy atom. The Kier molecular flexibility index (Phi) is 6.13. The number of nitrogens with zero attached hydrogens (tertiary/aromatic N) is 1. The minimum atomic E-state index is -1.51. The van der Waals surface area contributed by atoms with Crippen LogP contribution >= 0.6 is 0 Å². The van der Waals surface area contributed by atoms with E-state index in [2.05, 4.69) is 19.6 Å². The first-order valence-electron chi connectivity index (χ1n) is 5.75. The van der Waals surface area contributed by atoms with Crippen LogP contribution in [-0.4, -0.2) is 38.3 Å². The molecule has 0 rings (SSSR count). The lowest BCUT2D eigenvalue weighted by Gasteiger charge is -2.25. The molecule has 1 amide bonds. The van der Waals surface area contributed by atoms with E-state index in [0.717, 1.165) is 13.1 Å². The van der Waals surface area contributed by atoms with Crippen molar-refractivity contribution >= 4 is 14.2 Å². The number of amides is 1. The van der Waals surface area contributed by atoms with Gasteiger partial charge in [0.25, 0.3) is 0 Å². The molecule has 0 aliphatic rings. The van der Waals surface area contributed by atoms with Gasteiger partial charge in [-0.2, -0.15) is 0 Å². The molecule has 90 valence electrons. The van der Waals surface area contributed by atoms with Gasteiger partial charge in [-0.15, -0.1) is 0 Å². The fourth-order valence-electron chi connectivity index (χ4n) is 1.60. The van der Waals surface area contributed by atoms with Crippen molar-refractivity contribution < 1.29 is 9.22 Å². The van der Waals surface area contributed by atoms with Gasteiger partial charge in [0.2, 0.25) is 5.91 Å². The van der Waals surface area contributed by atoms with E-state index in [0.29, 0.717) is 6.42 Å². The summed E-state index contributed by atoms with van der Waals surface area (Å²) in [6.07, 6.45) is 0.552. The van der Waals surface area contributed by atoms with Gasteiger partial charge in [-0.1, -0.05) is 0 Å². The maximum absolute atomic E-state index is 11.8. The molecule has 0 spiro atoms. The highest BCUT2D eigenvalue weighted by Gasteiger charge is 2.21. The Morgan fingerprint density at radius 1 is 1.27 bits per heavy atom. The summed E-state index contributed by atoms with van der Waals surface area (Å²) in [7, 11) is -1.51. The zero-order chi connectivity index (χ0) is 12.1. The van der Waals surface area contributed by atoms with Crippen LogP contribution in [0.1, 0.15) is 27.2 Å². The Balaban J connectivity index is 4.06. The maximum Gasteiger partial charge on any atom is 0.225 e. The van der Waals surface area contributed by atoms with E-state index in [1.807, 2.05) is 25.7 Å². The molecule has 0 aromatic heterocycles. The Morgan fingerprint density at radius 2 is 1.73 bits per heavy atom. The van der Waals surface area contributed by atoms with Crippen LogP contribution in [0.4, 0.5) is 0 Å². The standard InChI is InChI=1S/C11H25NO2Si/c1-7-12(8-2)11(13)9-10(3)14-15(4,5)6/h10H,7-9H2,1-6H3. The Labute approximate surface area is 94.9 Å². The Bertz CT molecular complexity index is 197. The third-order valence-electron chi connectivity index (χ3n) is 2.13.